The van der Waals surface area contributed by atoms with E-state index in [1.54, 1.807) is 46.4 Å². The van der Waals surface area contributed by atoms with Crippen molar-refractivity contribution in [1.82, 2.24) is 16.0 Å². The number of nitrogens with zero attached hydrogens (tertiary/aromatic N) is 1. The van der Waals surface area contributed by atoms with Crippen LogP contribution in [0.25, 0.3) is 0 Å². The average Bonchev–Trinajstić information content (AvgIpc) is 2.83. The van der Waals surface area contributed by atoms with Crippen LogP contribution in [0.2, 0.25) is 0 Å². The first-order valence-corrected chi connectivity index (χ1v) is 14.0. The molecule has 1 aromatic rings. The summed E-state index contributed by atoms with van der Waals surface area (Å²) in [5.74, 6) is -0.397. The van der Waals surface area contributed by atoms with Crippen molar-refractivity contribution in [2.45, 2.75) is 98.4 Å². The summed E-state index contributed by atoms with van der Waals surface area (Å²) in [6.45, 7) is 14.5. The topological polar surface area (TPSA) is 146 Å². The SMILES string of the molecule is COC(=O)NC1Cc2ccccc2N(C(=O)CC(C)(C)C[C@H](NC(=O)OC(C)(C)C)[C@@H](O)CNC(=O)C(C)(C)C)C1. The highest BCUT2D eigenvalue weighted by atomic mass is 16.6. The third kappa shape index (κ3) is 10.9. The van der Waals surface area contributed by atoms with Gasteiger partial charge in [-0.25, -0.2) is 9.59 Å². The van der Waals surface area contributed by atoms with Gasteiger partial charge in [0.25, 0.3) is 0 Å². The number of alkyl carbamates (subject to hydrolysis) is 2. The number of fused-ring (bicyclic) bond motifs is 1. The molecule has 1 unspecified atom stereocenters. The molecule has 0 bridgehead atoms. The Bertz CT molecular complexity index is 1090. The number of hydrogen-bond donors (Lipinski definition) is 4. The van der Waals surface area contributed by atoms with Gasteiger partial charge in [-0.3, -0.25) is 9.59 Å². The van der Waals surface area contributed by atoms with Gasteiger partial charge in [-0.05, 0) is 50.7 Å². The van der Waals surface area contributed by atoms with Gasteiger partial charge in [0.05, 0.1) is 25.3 Å². The molecule has 41 heavy (non-hydrogen) atoms. The van der Waals surface area contributed by atoms with Gasteiger partial charge < -0.3 is 35.4 Å². The largest absolute Gasteiger partial charge is 0.453 e. The van der Waals surface area contributed by atoms with Crippen LogP contribution in [0.1, 0.15) is 73.8 Å². The minimum Gasteiger partial charge on any atom is -0.453 e. The fourth-order valence-electron chi connectivity index (χ4n) is 4.67. The molecule has 1 aliphatic rings. The van der Waals surface area contributed by atoms with Crippen LogP contribution in [0, 0.1) is 10.8 Å². The highest BCUT2D eigenvalue weighted by Gasteiger charge is 2.36. The zero-order valence-corrected chi connectivity index (χ0v) is 25.9. The summed E-state index contributed by atoms with van der Waals surface area (Å²) in [7, 11) is 1.29. The number of rotatable bonds is 9. The molecule has 230 valence electrons. The summed E-state index contributed by atoms with van der Waals surface area (Å²) in [4.78, 5) is 52.3. The zero-order valence-electron chi connectivity index (χ0n) is 25.9. The highest BCUT2D eigenvalue weighted by molar-refractivity contribution is 5.95. The number of carbonyl (C=O) groups excluding carboxylic acids is 4. The van der Waals surface area contributed by atoms with Gasteiger partial charge in [-0.1, -0.05) is 52.8 Å². The number of hydrogen-bond acceptors (Lipinski definition) is 7. The fourth-order valence-corrected chi connectivity index (χ4v) is 4.67. The molecular weight excluding hydrogens is 528 g/mol. The molecule has 0 aromatic heterocycles. The number of para-hydroxylation sites is 1. The molecule has 0 radical (unpaired) electrons. The summed E-state index contributed by atoms with van der Waals surface area (Å²) in [6.07, 6.45) is -1.51. The van der Waals surface area contributed by atoms with E-state index < -0.39 is 40.8 Å². The normalized spacial score (nSPS) is 17.0. The lowest BCUT2D eigenvalue weighted by atomic mass is 9.80. The molecule has 0 saturated heterocycles. The van der Waals surface area contributed by atoms with Gasteiger partial charge in [0.1, 0.15) is 5.60 Å². The van der Waals surface area contributed by atoms with E-state index in [4.69, 9.17) is 9.47 Å². The number of methoxy groups -OCH3 is 1. The maximum atomic E-state index is 13.7. The standard InChI is InChI=1S/C30H48N4O7/c1-28(2,3)25(37)31-17-23(35)21(33-27(39)41-29(4,5)6)15-30(7,8)16-24(36)34-18-20(32-26(38)40-9)14-19-12-10-11-13-22(19)34/h10-13,20-21,23,35H,14-18H2,1-9H3,(H,31,37)(H,32,38)(H,33,39)/t20?,21-,23-/m0/s1. The number of aliphatic hydroxyl groups is 1. The molecule has 2 rings (SSSR count). The van der Waals surface area contributed by atoms with Crippen LogP contribution in [0.3, 0.4) is 0 Å². The first kappa shape index (κ1) is 33.9. The lowest BCUT2D eigenvalue weighted by Crippen LogP contribution is -2.53. The molecular formula is C30H48N4O7. The van der Waals surface area contributed by atoms with E-state index in [0.29, 0.717) is 6.42 Å². The van der Waals surface area contributed by atoms with E-state index in [9.17, 15) is 24.3 Å². The van der Waals surface area contributed by atoms with Crippen LogP contribution in [-0.2, 0) is 25.5 Å². The molecule has 0 saturated carbocycles. The quantitative estimate of drug-likeness (QED) is 0.352. The molecule has 3 atom stereocenters. The van der Waals surface area contributed by atoms with Crippen LogP contribution < -0.4 is 20.9 Å². The van der Waals surface area contributed by atoms with Gasteiger partial charge in [0, 0.05) is 30.6 Å². The number of benzene rings is 1. The van der Waals surface area contributed by atoms with E-state index in [1.807, 2.05) is 38.1 Å². The monoisotopic (exact) mass is 576 g/mol. The molecule has 4 amide bonds. The van der Waals surface area contributed by atoms with Crippen molar-refractivity contribution in [3.8, 4) is 0 Å². The summed E-state index contributed by atoms with van der Waals surface area (Å²) < 4.78 is 10.2. The Kier molecular flexibility index (Phi) is 11.2. The van der Waals surface area contributed by atoms with Crippen LogP contribution in [-0.4, -0.2) is 73.1 Å². The lowest BCUT2D eigenvalue weighted by Gasteiger charge is -2.38. The third-order valence-electron chi connectivity index (χ3n) is 6.68. The van der Waals surface area contributed by atoms with E-state index in [2.05, 4.69) is 16.0 Å². The summed E-state index contributed by atoms with van der Waals surface area (Å²) in [6, 6.07) is 6.42. The van der Waals surface area contributed by atoms with E-state index in [1.165, 1.54) is 7.11 Å². The number of nitrogens with one attached hydrogen (secondary N) is 3. The van der Waals surface area contributed by atoms with E-state index in [0.717, 1.165) is 11.3 Å². The number of amides is 4. The molecule has 0 spiro atoms. The first-order valence-electron chi connectivity index (χ1n) is 14.0. The van der Waals surface area contributed by atoms with Crippen LogP contribution in [0.4, 0.5) is 15.3 Å². The molecule has 1 aromatic carbocycles. The lowest BCUT2D eigenvalue weighted by molar-refractivity contribution is -0.129. The van der Waals surface area contributed by atoms with E-state index >= 15 is 0 Å². The number of anilines is 1. The molecule has 4 N–H and O–H groups in total. The van der Waals surface area contributed by atoms with Crippen molar-refractivity contribution in [3.63, 3.8) is 0 Å². The summed E-state index contributed by atoms with van der Waals surface area (Å²) in [5.41, 5.74) is -0.360. The predicted molar refractivity (Wildman–Crippen MR) is 156 cm³/mol. The van der Waals surface area contributed by atoms with Crippen molar-refractivity contribution in [3.05, 3.63) is 29.8 Å². The Balaban J connectivity index is 2.22. The second-order valence-electron chi connectivity index (χ2n) is 13.5. The average molecular weight is 577 g/mol. The number of aliphatic hydroxyl groups excluding tert-OH is 1. The Hall–Kier alpha value is -3.34. The highest BCUT2D eigenvalue weighted by Crippen LogP contribution is 2.33. The Morgan fingerprint density at radius 2 is 1.66 bits per heavy atom. The van der Waals surface area contributed by atoms with Gasteiger partial charge >= 0.3 is 12.2 Å². The van der Waals surface area contributed by atoms with Crippen molar-refractivity contribution >= 4 is 29.7 Å². The zero-order chi connectivity index (χ0) is 31.2. The molecule has 11 heteroatoms. The molecule has 1 aliphatic heterocycles. The van der Waals surface area contributed by atoms with Crippen LogP contribution >= 0.6 is 0 Å². The molecule has 0 aliphatic carbocycles. The van der Waals surface area contributed by atoms with Gasteiger partial charge in [0.15, 0.2) is 0 Å². The summed E-state index contributed by atoms with van der Waals surface area (Å²) in [5, 5.41) is 19.3. The van der Waals surface area contributed by atoms with Crippen molar-refractivity contribution in [2.24, 2.45) is 10.8 Å². The summed E-state index contributed by atoms with van der Waals surface area (Å²) >= 11 is 0. The first-order chi connectivity index (χ1) is 18.8. The van der Waals surface area contributed by atoms with Gasteiger partial charge in [-0.2, -0.15) is 0 Å². The van der Waals surface area contributed by atoms with Gasteiger partial charge in [-0.15, -0.1) is 0 Å². The van der Waals surface area contributed by atoms with Crippen molar-refractivity contribution < 1.29 is 33.8 Å². The van der Waals surface area contributed by atoms with Crippen LogP contribution in [0.5, 0.6) is 0 Å². The molecule has 0 fully saturated rings. The Labute approximate surface area is 243 Å². The second kappa shape index (κ2) is 13.5. The maximum absolute atomic E-state index is 13.7. The minimum atomic E-state index is -1.13. The molecule has 11 nitrogen and oxygen atoms in total. The number of ether oxygens (including phenoxy) is 2. The van der Waals surface area contributed by atoms with Crippen molar-refractivity contribution in [2.75, 3.05) is 25.1 Å². The van der Waals surface area contributed by atoms with Gasteiger partial charge in [0.2, 0.25) is 11.8 Å². The minimum absolute atomic E-state index is 0.0824. The Morgan fingerprint density at radius 3 is 2.24 bits per heavy atom. The Morgan fingerprint density at radius 1 is 1.02 bits per heavy atom. The fraction of sp³-hybridized carbons (Fsp3) is 0.667. The maximum Gasteiger partial charge on any atom is 0.407 e. The second-order valence-corrected chi connectivity index (χ2v) is 13.5. The van der Waals surface area contributed by atoms with Crippen LogP contribution in [0.15, 0.2) is 24.3 Å². The third-order valence-corrected chi connectivity index (χ3v) is 6.68. The van der Waals surface area contributed by atoms with Crippen molar-refractivity contribution in [1.29, 1.82) is 0 Å². The van der Waals surface area contributed by atoms with E-state index in [-0.39, 0.29) is 43.8 Å². The predicted octanol–water partition coefficient (Wildman–Crippen LogP) is 3.52. The number of carbonyl (C=O) groups is 4. The smallest absolute Gasteiger partial charge is 0.407 e. The molecule has 1 heterocycles.